The lowest BCUT2D eigenvalue weighted by molar-refractivity contribution is -0.131. The van der Waals surface area contributed by atoms with E-state index >= 15 is 0 Å². The average molecular weight is 277 g/mol. The number of carbonyl (C=O) groups is 1. The number of rotatable bonds is 8. The molecule has 1 unspecified atom stereocenters. The molecular formula is C16H23NO3. The van der Waals surface area contributed by atoms with Crippen LogP contribution in [-0.2, 0) is 16.1 Å². The molecule has 0 bridgehead atoms. The number of methoxy groups -OCH3 is 1. The quantitative estimate of drug-likeness (QED) is 0.742. The monoisotopic (exact) mass is 277 g/mol. The van der Waals surface area contributed by atoms with Crippen LogP contribution < -0.4 is 0 Å². The van der Waals surface area contributed by atoms with E-state index in [9.17, 15) is 4.79 Å². The summed E-state index contributed by atoms with van der Waals surface area (Å²) in [6.07, 6.45) is 2.77. The van der Waals surface area contributed by atoms with Crippen LogP contribution in [0.2, 0.25) is 0 Å². The molecule has 110 valence electrons. The van der Waals surface area contributed by atoms with Gasteiger partial charge in [-0.1, -0.05) is 31.2 Å². The highest BCUT2D eigenvalue weighted by Gasteiger charge is 2.12. The molecule has 1 aromatic rings. The van der Waals surface area contributed by atoms with Gasteiger partial charge in [0.15, 0.2) is 0 Å². The van der Waals surface area contributed by atoms with Gasteiger partial charge in [0.25, 0.3) is 0 Å². The number of ether oxygens (including phenoxy) is 1. The first-order valence-electron chi connectivity index (χ1n) is 6.79. The summed E-state index contributed by atoms with van der Waals surface area (Å²) in [5.74, 6) is -0.931. The molecule has 0 saturated carbocycles. The summed E-state index contributed by atoms with van der Waals surface area (Å²) in [4.78, 5) is 12.9. The van der Waals surface area contributed by atoms with Gasteiger partial charge >= 0.3 is 5.97 Å². The summed E-state index contributed by atoms with van der Waals surface area (Å²) in [6.45, 7) is 6.74. The number of nitrogens with zero attached hydrogens (tertiary/aromatic N) is 1. The van der Waals surface area contributed by atoms with Crippen molar-refractivity contribution in [1.29, 1.82) is 0 Å². The Morgan fingerprint density at radius 2 is 2.25 bits per heavy atom. The molecule has 4 heteroatoms. The van der Waals surface area contributed by atoms with Crippen molar-refractivity contribution in [2.24, 2.45) is 0 Å². The topological polar surface area (TPSA) is 49.8 Å². The Morgan fingerprint density at radius 1 is 1.50 bits per heavy atom. The second-order valence-corrected chi connectivity index (χ2v) is 4.78. The van der Waals surface area contributed by atoms with Gasteiger partial charge in [-0.25, -0.2) is 4.79 Å². The largest absolute Gasteiger partial charge is 0.478 e. The van der Waals surface area contributed by atoms with Crippen molar-refractivity contribution in [2.45, 2.75) is 26.4 Å². The van der Waals surface area contributed by atoms with Gasteiger partial charge in [0.2, 0.25) is 0 Å². The van der Waals surface area contributed by atoms with E-state index in [-0.39, 0.29) is 0 Å². The molecule has 0 aromatic heterocycles. The number of aliphatic carboxylic acids is 1. The van der Waals surface area contributed by atoms with Crippen molar-refractivity contribution in [2.75, 3.05) is 20.3 Å². The van der Waals surface area contributed by atoms with E-state index < -0.39 is 5.97 Å². The summed E-state index contributed by atoms with van der Waals surface area (Å²) in [7, 11) is 1.71. The molecule has 0 spiro atoms. The fourth-order valence-electron chi connectivity index (χ4n) is 2.12. The van der Waals surface area contributed by atoms with Gasteiger partial charge in [-0.05, 0) is 30.7 Å². The zero-order valence-corrected chi connectivity index (χ0v) is 12.4. The molecule has 1 rings (SSSR count). The summed E-state index contributed by atoms with van der Waals surface area (Å²) in [6, 6.07) is 8.27. The smallest absolute Gasteiger partial charge is 0.328 e. The molecule has 0 saturated heterocycles. The number of benzene rings is 1. The lowest BCUT2D eigenvalue weighted by Gasteiger charge is -2.27. The van der Waals surface area contributed by atoms with Gasteiger partial charge in [-0.3, -0.25) is 4.90 Å². The summed E-state index contributed by atoms with van der Waals surface area (Å²) < 4.78 is 5.19. The van der Waals surface area contributed by atoms with E-state index in [1.165, 1.54) is 5.56 Å². The van der Waals surface area contributed by atoms with Crippen molar-refractivity contribution in [1.82, 2.24) is 4.90 Å². The third-order valence-corrected chi connectivity index (χ3v) is 3.19. The predicted molar refractivity (Wildman–Crippen MR) is 80.5 cm³/mol. The molecule has 4 nitrogen and oxygen atoms in total. The summed E-state index contributed by atoms with van der Waals surface area (Å²) in [5, 5.41) is 8.65. The molecule has 1 N–H and O–H groups in total. The van der Waals surface area contributed by atoms with Crippen molar-refractivity contribution < 1.29 is 14.6 Å². The van der Waals surface area contributed by atoms with E-state index in [1.807, 2.05) is 18.2 Å². The van der Waals surface area contributed by atoms with Crippen LogP contribution in [0.15, 0.2) is 30.3 Å². The molecule has 0 amide bonds. The third-order valence-electron chi connectivity index (χ3n) is 3.19. The van der Waals surface area contributed by atoms with E-state index in [2.05, 4.69) is 24.8 Å². The minimum atomic E-state index is -0.931. The van der Waals surface area contributed by atoms with Crippen molar-refractivity contribution >= 4 is 12.0 Å². The maximum Gasteiger partial charge on any atom is 0.328 e. The summed E-state index contributed by atoms with van der Waals surface area (Å²) in [5.41, 5.74) is 2.07. The Kier molecular flexibility index (Phi) is 6.98. The van der Waals surface area contributed by atoms with Crippen LogP contribution >= 0.6 is 0 Å². The molecule has 0 heterocycles. The van der Waals surface area contributed by atoms with E-state index in [1.54, 1.807) is 13.2 Å². The molecule has 0 aliphatic heterocycles. The Morgan fingerprint density at radius 3 is 2.85 bits per heavy atom. The van der Waals surface area contributed by atoms with Crippen molar-refractivity contribution in [3.8, 4) is 0 Å². The van der Waals surface area contributed by atoms with Gasteiger partial charge in [0.05, 0.1) is 6.61 Å². The minimum Gasteiger partial charge on any atom is -0.478 e. The number of likely N-dealkylation sites (N-methyl/N-ethyl adjacent to an activating group) is 1. The molecule has 20 heavy (non-hydrogen) atoms. The Bertz CT molecular complexity index is 457. The molecule has 0 aliphatic rings. The van der Waals surface area contributed by atoms with Crippen molar-refractivity contribution in [3.63, 3.8) is 0 Å². The Balaban J connectivity index is 2.76. The lowest BCUT2D eigenvalue weighted by Crippen LogP contribution is -2.35. The predicted octanol–water partition coefficient (Wildman–Crippen LogP) is 2.64. The third kappa shape index (κ3) is 5.55. The number of hydrogen-bond acceptors (Lipinski definition) is 3. The van der Waals surface area contributed by atoms with Crippen LogP contribution in [0.5, 0.6) is 0 Å². The van der Waals surface area contributed by atoms with Crippen molar-refractivity contribution in [3.05, 3.63) is 41.5 Å². The Hall–Kier alpha value is -1.65. The Labute approximate surface area is 120 Å². The molecule has 1 aromatic carbocycles. The van der Waals surface area contributed by atoms with E-state index in [0.717, 1.165) is 24.7 Å². The normalized spacial score (nSPS) is 13.0. The number of carboxylic acid groups (broad SMARTS) is 1. The maximum atomic E-state index is 10.5. The second kappa shape index (κ2) is 8.51. The highest BCUT2D eigenvalue weighted by Crippen LogP contribution is 2.12. The van der Waals surface area contributed by atoms with Gasteiger partial charge in [-0.15, -0.1) is 0 Å². The number of hydrogen-bond donors (Lipinski definition) is 1. The van der Waals surface area contributed by atoms with Crippen LogP contribution in [0.3, 0.4) is 0 Å². The zero-order valence-electron chi connectivity index (χ0n) is 12.4. The fourth-order valence-corrected chi connectivity index (χ4v) is 2.12. The highest BCUT2D eigenvalue weighted by molar-refractivity contribution is 5.85. The van der Waals surface area contributed by atoms with E-state index in [4.69, 9.17) is 9.84 Å². The summed E-state index contributed by atoms with van der Waals surface area (Å²) >= 11 is 0. The molecule has 1 atom stereocenters. The lowest BCUT2D eigenvalue weighted by atomic mass is 10.1. The average Bonchev–Trinajstić information content (AvgIpc) is 2.43. The first-order valence-corrected chi connectivity index (χ1v) is 6.79. The first kappa shape index (κ1) is 16.4. The number of carboxylic acids is 1. The zero-order chi connectivity index (χ0) is 15.0. The van der Waals surface area contributed by atoms with Crippen LogP contribution in [0, 0.1) is 0 Å². The van der Waals surface area contributed by atoms with Gasteiger partial charge in [-0.2, -0.15) is 0 Å². The minimum absolute atomic E-state index is 0.350. The SMILES string of the molecule is CCN(Cc1cccc(C=CC(=O)O)c1)C(C)COC. The van der Waals surface area contributed by atoms with E-state index in [0.29, 0.717) is 12.6 Å². The van der Waals surface area contributed by atoms with Crippen LogP contribution in [-0.4, -0.2) is 42.3 Å². The van der Waals surface area contributed by atoms with Gasteiger partial charge < -0.3 is 9.84 Å². The van der Waals surface area contributed by atoms with Gasteiger partial charge in [0.1, 0.15) is 0 Å². The molecular weight excluding hydrogens is 254 g/mol. The molecule has 0 radical (unpaired) electrons. The molecule has 0 aliphatic carbocycles. The van der Waals surface area contributed by atoms with Crippen LogP contribution in [0.1, 0.15) is 25.0 Å². The second-order valence-electron chi connectivity index (χ2n) is 4.78. The standard InChI is InChI=1S/C16H23NO3/c1-4-17(13(2)12-20-3)11-15-7-5-6-14(10-15)8-9-16(18)19/h5-10,13H,4,11-12H2,1-3H3,(H,18,19). The van der Waals surface area contributed by atoms with Gasteiger partial charge in [0, 0.05) is 25.8 Å². The maximum absolute atomic E-state index is 10.5. The van der Waals surface area contributed by atoms with Crippen LogP contribution in [0.4, 0.5) is 0 Å². The molecule has 0 fully saturated rings. The fraction of sp³-hybridized carbons (Fsp3) is 0.438. The first-order chi connectivity index (χ1) is 9.56. The van der Waals surface area contributed by atoms with Crippen LogP contribution in [0.25, 0.3) is 6.08 Å². The highest BCUT2D eigenvalue weighted by atomic mass is 16.5.